The van der Waals surface area contributed by atoms with Crippen molar-refractivity contribution in [1.29, 1.82) is 0 Å². The number of carbonyl (C=O) groups excluding carboxylic acids is 2. The Morgan fingerprint density at radius 3 is 2.76 bits per heavy atom. The van der Waals surface area contributed by atoms with E-state index in [1.807, 2.05) is 0 Å². The fourth-order valence-electron chi connectivity index (χ4n) is 2.42. The van der Waals surface area contributed by atoms with Gasteiger partial charge in [-0.15, -0.1) is 0 Å². The van der Waals surface area contributed by atoms with Gasteiger partial charge in [-0.3, -0.25) is 14.4 Å². The van der Waals surface area contributed by atoms with Gasteiger partial charge in [-0.05, 0) is 25.3 Å². The molecule has 0 bridgehead atoms. The van der Waals surface area contributed by atoms with Crippen LogP contribution in [0, 0.1) is 5.92 Å². The normalized spacial score (nSPS) is 21.0. The summed E-state index contributed by atoms with van der Waals surface area (Å²) in [6.07, 6.45) is 4.66. The zero-order valence-corrected chi connectivity index (χ0v) is 11.5. The van der Waals surface area contributed by atoms with E-state index in [0.717, 1.165) is 0 Å². The molecule has 0 unspecified atom stereocenters. The molecule has 0 saturated heterocycles. The molecule has 1 aromatic rings. The van der Waals surface area contributed by atoms with Crippen molar-refractivity contribution in [3.05, 3.63) is 24.2 Å². The van der Waals surface area contributed by atoms with Gasteiger partial charge in [0.25, 0.3) is 5.91 Å². The first-order valence-corrected chi connectivity index (χ1v) is 6.89. The quantitative estimate of drug-likeness (QED) is 0.718. The van der Waals surface area contributed by atoms with Crippen LogP contribution in [-0.4, -0.2) is 35.5 Å². The van der Waals surface area contributed by atoms with E-state index in [1.165, 1.54) is 12.5 Å². The van der Waals surface area contributed by atoms with E-state index in [-0.39, 0.29) is 36.7 Å². The monoisotopic (exact) mass is 294 g/mol. The lowest BCUT2D eigenvalue weighted by Crippen LogP contribution is -2.36. The van der Waals surface area contributed by atoms with Gasteiger partial charge in [0.1, 0.15) is 6.26 Å². The number of carboxylic acid groups (broad SMARTS) is 1. The number of furan rings is 1. The highest BCUT2D eigenvalue weighted by Gasteiger charge is 2.30. The second-order valence-electron chi connectivity index (χ2n) is 5.13. The Labute approximate surface area is 121 Å². The fourth-order valence-corrected chi connectivity index (χ4v) is 2.42. The molecule has 114 valence electrons. The van der Waals surface area contributed by atoms with Crippen LogP contribution in [0.5, 0.6) is 0 Å². The van der Waals surface area contributed by atoms with Crippen molar-refractivity contribution in [1.82, 2.24) is 10.6 Å². The summed E-state index contributed by atoms with van der Waals surface area (Å²) in [5.74, 6) is -1.64. The lowest BCUT2D eigenvalue weighted by molar-refractivity contribution is -0.141. The van der Waals surface area contributed by atoms with Crippen LogP contribution in [-0.2, 0) is 9.59 Å². The summed E-state index contributed by atoms with van der Waals surface area (Å²) >= 11 is 0. The number of amides is 2. The molecule has 0 aromatic carbocycles. The number of rotatable bonds is 6. The molecule has 0 aliphatic heterocycles. The third-order valence-electron chi connectivity index (χ3n) is 3.57. The second-order valence-corrected chi connectivity index (χ2v) is 5.13. The summed E-state index contributed by atoms with van der Waals surface area (Å²) in [4.78, 5) is 34.1. The Morgan fingerprint density at radius 1 is 1.33 bits per heavy atom. The molecule has 2 atom stereocenters. The van der Waals surface area contributed by atoms with E-state index in [4.69, 9.17) is 9.52 Å². The van der Waals surface area contributed by atoms with Crippen LogP contribution >= 0.6 is 0 Å². The summed E-state index contributed by atoms with van der Waals surface area (Å²) in [5, 5.41) is 14.3. The Kier molecular flexibility index (Phi) is 4.97. The number of carbonyl (C=O) groups is 3. The van der Waals surface area contributed by atoms with Crippen molar-refractivity contribution in [2.75, 3.05) is 6.54 Å². The highest BCUT2D eigenvalue weighted by molar-refractivity contribution is 5.94. The van der Waals surface area contributed by atoms with Gasteiger partial charge in [-0.25, -0.2) is 0 Å². The topological polar surface area (TPSA) is 109 Å². The van der Waals surface area contributed by atoms with Crippen molar-refractivity contribution < 1.29 is 23.9 Å². The van der Waals surface area contributed by atoms with Crippen LogP contribution in [0.4, 0.5) is 0 Å². The average Bonchev–Trinajstić information content (AvgIpc) is 3.09. The number of carboxylic acids is 1. The van der Waals surface area contributed by atoms with Crippen LogP contribution < -0.4 is 10.6 Å². The minimum absolute atomic E-state index is 0.0804. The third-order valence-corrected chi connectivity index (χ3v) is 3.57. The van der Waals surface area contributed by atoms with Crippen molar-refractivity contribution in [2.24, 2.45) is 5.92 Å². The van der Waals surface area contributed by atoms with Gasteiger partial charge < -0.3 is 20.2 Å². The van der Waals surface area contributed by atoms with E-state index < -0.39 is 5.97 Å². The van der Waals surface area contributed by atoms with Crippen LogP contribution in [0.2, 0.25) is 0 Å². The highest BCUT2D eigenvalue weighted by atomic mass is 16.4. The fraction of sp³-hybridized carbons (Fsp3) is 0.500. The molecule has 7 heteroatoms. The van der Waals surface area contributed by atoms with Gasteiger partial charge in [-0.1, -0.05) is 0 Å². The van der Waals surface area contributed by atoms with Gasteiger partial charge >= 0.3 is 5.97 Å². The molecule has 2 amide bonds. The molecular weight excluding hydrogens is 276 g/mol. The van der Waals surface area contributed by atoms with Crippen molar-refractivity contribution in [3.8, 4) is 0 Å². The van der Waals surface area contributed by atoms with Crippen LogP contribution in [0.25, 0.3) is 0 Å². The molecule has 1 saturated carbocycles. The standard InChI is InChI=1S/C14H18N2O5/c17-12(16-11-2-1-9(7-11)14(19)20)3-5-15-13(18)10-4-6-21-8-10/h4,6,8-9,11H,1-3,5,7H2,(H,15,18)(H,16,17)(H,19,20)/t9-,11+/m1/s1. The van der Waals surface area contributed by atoms with Crippen molar-refractivity contribution >= 4 is 17.8 Å². The molecule has 3 N–H and O–H groups in total. The minimum atomic E-state index is -0.806. The number of hydrogen-bond acceptors (Lipinski definition) is 4. The first kappa shape index (κ1) is 15.1. The molecule has 0 radical (unpaired) electrons. The van der Waals surface area contributed by atoms with Gasteiger partial charge in [0, 0.05) is 19.0 Å². The maximum atomic E-state index is 11.7. The maximum Gasteiger partial charge on any atom is 0.306 e. The molecule has 2 rings (SSSR count). The van der Waals surface area contributed by atoms with Gasteiger partial charge in [0.15, 0.2) is 0 Å². The Balaban J connectivity index is 1.64. The zero-order chi connectivity index (χ0) is 15.2. The van der Waals surface area contributed by atoms with Crippen molar-refractivity contribution in [2.45, 2.75) is 31.7 Å². The van der Waals surface area contributed by atoms with Gasteiger partial charge in [0.2, 0.25) is 5.91 Å². The maximum absolute atomic E-state index is 11.7. The lowest BCUT2D eigenvalue weighted by Gasteiger charge is -2.12. The molecular formula is C14H18N2O5. The molecule has 1 fully saturated rings. The third kappa shape index (κ3) is 4.34. The van der Waals surface area contributed by atoms with E-state index in [2.05, 4.69) is 10.6 Å². The highest BCUT2D eigenvalue weighted by Crippen LogP contribution is 2.25. The molecule has 1 aromatic heterocycles. The lowest BCUT2D eigenvalue weighted by atomic mass is 10.1. The summed E-state index contributed by atoms with van der Waals surface area (Å²) in [5.41, 5.74) is 0.413. The Bertz CT molecular complexity index is 511. The van der Waals surface area contributed by atoms with Crippen LogP contribution in [0.1, 0.15) is 36.0 Å². The first-order valence-electron chi connectivity index (χ1n) is 6.89. The van der Waals surface area contributed by atoms with Crippen LogP contribution in [0.15, 0.2) is 23.0 Å². The smallest absolute Gasteiger partial charge is 0.306 e. The Hall–Kier alpha value is -2.31. The minimum Gasteiger partial charge on any atom is -0.481 e. The largest absolute Gasteiger partial charge is 0.481 e. The predicted octanol–water partition coefficient (Wildman–Crippen LogP) is 0.769. The molecule has 21 heavy (non-hydrogen) atoms. The zero-order valence-electron chi connectivity index (χ0n) is 11.5. The molecule has 1 heterocycles. The number of aliphatic carboxylic acids is 1. The van der Waals surface area contributed by atoms with E-state index >= 15 is 0 Å². The Morgan fingerprint density at radius 2 is 2.14 bits per heavy atom. The summed E-state index contributed by atoms with van der Waals surface area (Å²) in [7, 11) is 0. The van der Waals surface area contributed by atoms with Gasteiger partial charge in [0.05, 0.1) is 17.7 Å². The summed E-state index contributed by atoms with van der Waals surface area (Å²) in [6, 6.07) is 1.46. The molecule has 7 nitrogen and oxygen atoms in total. The second kappa shape index (κ2) is 6.92. The number of nitrogens with one attached hydrogen (secondary N) is 2. The first-order chi connectivity index (χ1) is 10.1. The molecule has 1 aliphatic carbocycles. The number of hydrogen-bond donors (Lipinski definition) is 3. The SMILES string of the molecule is O=C(CCNC(=O)c1ccoc1)N[C@H]1CC[C@@H](C(=O)O)C1. The predicted molar refractivity (Wildman–Crippen MR) is 72.6 cm³/mol. The summed E-state index contributed by atoms with van der Waals surface area (Å²) in [6.45, 7) is 0.227. The van der Waals surface area contributed by atoms with E-state index in [0.29, 0.717) is 24.8 Å². The van der Waals surface area contributed by atoms with E-state index in [9.17, 15) is 14.4 Å². The van der Waals surface area contributed by atoms with E-state index in [1.54, 1.807) is 6.07 Å². The van der Waals surface area contributed by atoms with Crippen molar-refractivity contribution in [3.63, 3.8) is 0 Å². The average molecular weight is 294 g/mol. The van der Waals surface area contributed by atoms with Gasteiger partial charge in [-0.2, -0.15) is 0 Å². The molecule has 0 spiro atoms. The summed E-state index contributed by atoms with van der Waals surface area (Å²) < 4.78 is 4.79. The van der Waals surface area contributed by atoms with Crippen LogP contribution in [0.3, 0.4) is 0 Å². The molecule has 1 aliphatic rings.